The van der Waals surface area contributed by atoms with Gasteiger partial charge in [0.15, 0.2) is 0 Å². The number of unbranched alkanes of at least 4 members (excludes halogenated alkanes) is 2. The molecule has 154 valence electrons. The Labute approximate surface area is 179 Å². The molecule has 0 aromatic heterocycles. The van der Waals surface area contributed by atoms with Crippen LogP contribution in [0.4, 0.5) is 22.7 Å². The van der Waals surface area contributed by atoms with Crippen LogP contribution in [-0.2, 0) is 6.54 Å². The van der Waals surface area contributed by atoms with Crippen molar-refractivity contribution in [3.63, 3.8) is 0 Å². The summed E-state index contributed by atoms with van der Waals surface area (Å²) in [4.78, 5) is 2.21. The Bertz CT molecular complexity index is 932. The predicted molar refractivity (Wildman–Crippen MR) is 125 cm³/mol. The summed E-state index contributed by atoms with van der Waals surface area (Å²) in [5.74, 6) is 0. The van der Waals surface area contributed by atoms with Crippen LogP contribution in [0.3, 0.4) is 0 Å². The van der Waals surface area contributed by atoms with Gasteiger partial charge in [0.2, 0.25) is 0 Å². The molecule has 5 nitrogen and oxygen atoms in total. The second-order valence-electron chi connectivity index (χ2n) is 7.25. The molecule has 0 bridgehead atoms. The zero-order valence-corrected chi connectivity index (χ0v) is 17.8. The molecule has 0 unspecified atom stereocenters. The molecule has 3 rings (SSSR count). The fraction of sp³-hybridized carbons (Fsp3) is 0.280. The van der Waals surface area contributed by atoms with Crippen molar-refractivity contribution in [1.82, 2.24) is 0 Å². The highest BCUT2D eigenvalue weighted by molar-refractivity contribution is 5.53. The molecule has 5 heteroatoms. The van der Waals surface area contributed by atoms with Crippen molar-refractivity contribution in [1.29, 1.82) is 0 Å². The van der Waals surface area contributed by atoms with E-state index in [9.17, 15) is 0 Å². The van der Waals surface area contributed by atoms with Crippen molar-refractivity contribution in [2.75, 3.05) is 18.5 Å². The van der Waals surface area contributed by atoms with Crippen LogP contribution in [0, 0.1) is 0 Å². The maximum atomic E-state index is 4.34. The number of nitrogens with zero attached hydrogens (tertiary/aromatic N) is 5. The predicted octanol–water partition coefficient (Wildman–Crippen LogP) is 8.01. The molecule has 0 saturated heterocycles. The molecule has 0 aliphatic heterocycles. The molecule has 0 fully saturated rings. The van der Waals surface area contributed by atoms with E-state index in [0.717, 1.165) is 42.3 Å². The summed E-state index contributed by atoms with van der Waals surface area (Å²) in [7, 11) is 2.09. The molecular weight excluding hydrogens is 370 g/mol. The van der Waals surface area contributed by atoms with Gasteiger partial charge in [-0.1, -0.05) is 50.1 Å². The summed E-state index contributed by atoms with van der Waals surface area (Å²) in [6.45, 7) is 3.83. The van der Waals surface area contributed by atoms with Crippen LogP contribution in [0.1, 0.15) is 31.7 Å². The van der Waals surface area contributed by atoms with Gasteiger partial charge in [-0.2, -0.15) is 20.5 Å². The molecule has 0 radical (unpaired) electrons. The van der Waals surface area contributed by atoms with Crippen LogP contribution in [0.25, 0.3) is 0 Å². The maximum absolute atomic E-state index is 4.34. The Balaban J connectivity index is 1.53. The lowest BCUT2D eigenvalue weighted by Crippen LogP contribution is -2.15. The van der Waals surface area contributed by atoms with Crippen molar-refractivity contribution >= 4 is 22.7 Å². The highest BCUT2D eigenvalue weighted by Gasteiger charge is 2.02. The summed E-state index contributed by atoms with van der Waals surface area (Å²) in [5, 5.41) is 17.1. The molecule has 0 saturated carbocycles. The lowest BCUT2D eigenvalue weighted by molar-refractivity contribution is 0.713. The third-order valence-corrected chi connectivity index (χ3v) is 4.73. The Hall–Kier alpha value is -3.34. The van der Waals surface area contributed by atoms with E-state index in [0.29, 0.717) is 0 Å². The maximum Gasteiger partial charge on any atom is 0.0858 e. The summed E-state index contributed by atoms with van der Waals surface area (Å²) in [6.07, 6.45) is 3.48. The van der Waals surface area contributed by atoms with Gasteiger partial charge >= 0.3 is 0 Å². The Morgan fingerprint density at radius 3 is 1.83 bits per heavy atom. The van der Waals surface area contributed by atoms with Crippen molar-refractivity contribution in [3.8, 4) is 0 Å². The molecule has 3 aromatic carbocycles. The van der Waals surface area contributed by atoms with Crippen molar-refractivity contribution in [3.05, 3.63) is 84.4 Å². The zero-order chi connectivity index (χ0) is 21.0. The molecular formula is C25H29N5. The first-order valence-corrected chi connectivity index (χ1v) is 10.5. The largest absolute Gasteiger partial charge is 0.370 e. The lowest BCUT2D eigenvalue weighted by Gasteiger charge is -2.19. The Kier molecular flexibility index (Phi) is 8.27. The van der Waals surface area contributed by atoms with Gasteiger partial charge in [-0.25, -0.2) is 0 Å². The molecule has 0 spiro atoms. The van der Waals surface area contributed by atoms with E-state index < -0.39 is 0 Å². The standard InChI is InChI=1S/C25H29N5/c1-3-4-8-19-26-27-22-11-13-23(14-12-22)28-29-24-15-17-25(18-16-24)30(2)20-21-9-6-5-7-10-21/h5-7,9-18H,3-4,8,19-20H2,1-2H3/b27-26?,29-28+. The monoisotopic (exact) mass is 399 g/mol. The third kappa shape index (κ3) is 6.92. The van der Waals surface area contributed by atoms with Gasteiger partial charge in [0.25, 0.3) is 0 Å². The number of anilines is 1. The van der Waals surface area contributed by atoms with Gasteiger partial charge in [-0.05, 0) is 60.5 Å². The van der Waals surface area contributed by atoms with E-state index >= 15 is 0 Å². The van der Waals surface area contributed by atoms with Gasteiger partial charge in [0.1, 0.15) is 0 Å². The number of azo groups is 2. The van der Waals surface area contributed by atoms with Crippen molar-refractivity contribution in [2.45, 2.75) is 32.7 Å². The molecule has 0 aliphatic carbocycles. The molecule has 0 amide bonds. The first-order chi connectivity index (χ1) is 14.7. The minimum atomic E-state index is 0.784. The van der Waals surface area contributed by atoms with Gasteiger partial charge < -0.3 is 4.90 Å². The van der Waals surface area contributed by atoms with E-state index in [1.807, 2.05) is 42.5 Å². The third-order valence-electron chi connectivity index (χ3n) is 4.73. The Morgan fingerprint density at radius 2 is 1.23 bits per heavy atom. The number of benzene rings is 3. The van der Waals surface area contributed by atoms with Crippen LogP contribution in [0.2, 0.25) is 0 Å². The summed E-state index contributed by atoms with van der Waals surface area (Å²) in [6, 6.07) is 26.2. The molecule has 3 aromatic rings. The summed E-state index contributed by atoms with van der Waals surface area (Å²) >= 11 is 0. The molecule has 0 atom stereocenters. The minimum absolute atomic E-state index is 0.784. The number of hydrogen-bond acceptors (Lipinski definition) is 5. The topological polar surface area (TPSA) is 52.7 Å². The molecule has 30 heavy (non-hydrogen) atoms. The first kappa shape index (κ1) is 21.4. The number of rotatable bonds is 10. The van der Waals surface area contributed by atoms with Crippen LogP contribution in [0.15, 0.2) is 99.3 Å². The van der Waals surface area contributed by atoms with E-state index in [1.165, 1.54) is 18.4 Å². The quantitative estimate of drug-likeness (QED) is 0.251. The highest BCUT2D eigenvalue weighted by atomic mass is 15.1. The SMILES string of the molecule is CCCCCN=Nc1ccc(/N=N/c2ccc(N(C)Cc3ccccc3)cc2)cc1. The van der Waals surface area contributed by atoms with E-state index in [4.69, 9.17) is 0 Å². The van der Waals surface area contributed by atoms with E-state index in [-0.39, 0.29) is 0 Å². The molecule has 0 aliphatic rings. The first-order valence-electron chi connectivity index (χ1n) is 10.5. The van der Waals surface area contributed by atoms with Crippen LogP contribution in [0.5, 0.6) is 0 Å². The zero-order valence-electron chi connectivity index (χ0n) is 17.8. The normalized spacial score (nSPS) is 11.4. The molecule has 0 N–H and O–H groups in total. The van der Waals surface area contributed by atoms with E-state index in [2.05, 4.69) is 75.7 Å². The number of hydrogen-bond donors (Lipinski definition) is 0. The summed E-state index contributed by atoms with van der Waals surface area (Å²) < 4.78 is 0. The van der Waals surface area contributed by atoms with Gasteiger partial charge in [0, 0.05) is 19.3 Å². The second-order valence-corrected chi connectivity index (χ2v) is 7.25. The van der Waals surface area contributed by atoms with Gasteiger partial charge in [-0.3, -0.25) is 0 Å². The average Bonchev–Trinajstić information content (AvgIpc) is 2.79. The highest BCUT2D eigenvalue weighted by Crippen LogP contribution is 2.24. The fourth-order valence-electron chi connectivity index (χ4n) is 2.99. The molecule has 0 heterocycles. The lowest BCUT2D eigenvalue weighted by atomic mass is 10.2. The van der Waals surface area contributed by atoms with Crippen molar-refractivity contribution in [2.24, 2.45) is 20.5 Å². The van der Waals surface area contributed by atoms with Gasteiger partial charge in [-0.15, -0.1) is 0 Å². The fourth-order valence-corrected chi connectivity index (χ4v) is 2.99. The summed E-state index contributed by atoms with van der Waals surface area (Å²) in [5.41, 5.74) is 4.90. The van der Waals surface area contributed by atoms with Crippen LogP contribution >= 0.6 is 0 Å². The Morgan fingerprint density at radius 1 is 0.667 bits per heavy atom. The van der Waals surface area contributed by atoms with E-state index in [1.54, 1.807) is 0 Å². The van der Waals surface area contributed by atoms with Crippen LogP contribution in [-0.4, -0.2) is 13.6 Å². The van der Waals surface area contributed by atoms with Crippen LogP contribution < -0.4 is 4.90 Å². The van der Waals surface area contributed by atoms with Gasteiger partial charge in [0.05, 0.1) is 23.6 Å². The smallest absolute Gasteiger partial charge is 0.0858 e. The average molecular weight is 400 g/mol. The minimum Gasteiger partial charge on any atom is -0.370 e. The second kappa shape index (κ2) is 11.6. The van der Waals surface area contributed by atoms with Crippen molar-refractivity contribution < 1.29 is 0 Å².